The number of rotatable bonds is 2. The van der Waals surface area contributed by atoms with E-state index in [0.29, 0.717) is 0 Å². The predicted octanol–water partition coefficient (Wildman–Crippen LogP) is 2.34. The van der Waals surface area contributed by atoms with Gasteiger partial charge in [-0.2, -0.15) is 0 Å². The van der Waals surface area contributed by atoms with Gasteiger partial charge in [-0.05, 0) is 29.9 Å². The SMILES string of the molecule is CCc1ncnc2c1CCN(C(=O)c1cccs1)CC2. The Bertz CT molecular complexity index is 610. The van der Waals surface area contributed by atoms with E-state index in [0.717, 1.165) is 48.6 Å². The molecule has 0 aromatic carbocycles. The fourth-order valence-corrected chi connectivity index (χ4v) is 3.35. The molecule has 0 atom stereocenters. The van der Waals surface area contributed by atoms with E-state index in [1.54, 1.807) is 6.33 Å². The topological polar surface area (TPSA) is 46.1 Å². The lowest BCUT2D eigenvalue weighted by Gasteiger charge is -2.19. The summed E-state index contributed by atoms with van der Waals surface area (Å²) < 4.78 is 0. The Balaban J connectivity index is 1.81. The van der Waals surface area contributed by atoms with E-state index in [2.05, 4.69) is 16.9 Å². The van der Waals surface area contributed by atoms with E-state index in [-0.39, 0.29) is 5.91 Å². The number of hydrogen-bond acceptors (Lipinski definition) is 4. The number of thiophene rings is 1. The number of nitrogens with zero attached hydrogens (tertiary/aromatic N) is 3. The normalized spacial score (nSPS) is 14.8. The largest absolute Gasteiger partial charge is 0.337 e. The quantitative estimate of drug-likeness (QED) is 0.851. The molecular weight excluding hydrogens is 270 g/mol. The number of carbonyl (C=O) groups excluding carboxylic acids is 1. The maximum absolute atomic E-state index is 12.4. The van der Waals surface area contributed by atoms with Crippen molar-refractivity contribution in [2.24, 2.45) is 0 Å². The Labute approximate surface area is 122 Å². The van der Waals surface area contributed by atoms with E-state index in [1.165, 1.54) is 16.9 Å². The molecule has 3 heterocycles. The summed E-state index contributed by atoms with van der Waals surface area (Å²) in [6.07, 6.45) is 4.25. The van der Waals surface area contributed by atoms with Crippen LogP contribution in [0.5, 0.6) is 0 Å². The summed E-state index contributed by atoms with van der Waals surface area (Å²) in [4.78, 5) is 23.9. The van der Waals surface area contributed by atoms with E-state index in [9.17, 15) is 4.79 Å². The van der Waals surface area contributed by atoms with Gasteiger partial charge in [-0.25, -0.2) is 9.97 Å². The van der Waals surface area contributed by atoms with Crippen molar-refractivity contribution in [1.29, 1.82) is 0 Å². The fraction of sp³-hybridized carbons (Fsp3) is 0.400. The third-order valence-corrected chi connectivity index (χ3v) is 4.59. The molecule has 3 rings (SSSR count). The highest BCUT2D eigenvalue weighted by Gasteiger charge is 2.22. The summed E-state index contributed by atoms with van der Waals surface area (Å²) >= 11 is 1.50. The molecule has 4 nitrogen and oxygen atoms in total. The average molecular weight is 287 g/mol. The first-order valence-electron chi connectivity index (χ1n) is 6.94. The minimum Gasteiger partial charge on any atom is -0.337 e. The van der Waals surface area contributed by atoms with Crippen molar-refractivity contribution in [1.82, 2.24) is 14.9 Å². The molecule has 1 aliphatic heterocycles. The van der Waals surface area contributed by atoms with Gasteiger partial charge < -0.3 is 4.90 Å². The number of fused-ring (bicyclic) bond motifs is 1. The van der Waals surface area contributed by atoms with Crippen LogP contribution >= 0.6 is 11.3 Å². The van der Waals surface area contributed by atoms with Crippen molar-refractivity contribution in [2.45, 2.75) is 26.2 Å². The fourth-order valence-electron chi connectivity index (χ4n) is 2.66. The van der Waals surface area contributed by atoms with Crippen LogP contribution < -0.4 is 0 Å². The highest BCUT2D eigenvalue weighted by atomic mass is 32.1. The highest BCUT2D eigenvalue weighted by molar-refractivity contribution is 7.12. The molecule has 2 aromatic rings. The van der Waals surface area contributed by atoms with Crippen LogP contribution in [0.25, 0.3) is 0 Å². The summed E-state index contributed by atoms with van der Waals surface area (Å²) in [5.74, 6) is 0.138. The molecule has 0 N–H and O–H groups in total. The molecule has 0 saturated heterocycles. The number of aryl methyl sites for hydroxylation is 1. The molecule has 2 aromatic heterocycles. The molecule has 20 heavy (non-hydrogen) atoms. The molecule has 0 unspecified atom stereocenters. The maximum atomic E-state index is 12.4. The van der Waals surface area contributed by atoms with Crippen LogP contribution in [0.1, 0.15) is 33.5 Å². The molecule has 1 aliphatic rings. The Kier molecular flexibility index (Phi) is 3.78. The molecule has 0 spiro atoms. The van der Waals surface area contributed by atoms with Gasteiger partial charge in [0.2, 0.25) is 0 Å². The minimum atomic E-state index is 0.138. The molecule has 104 valence electrons. The van der Waals surface area contributed by atoms with Crippen LogP contribution in [0.3, 0.4) is 0 Å². The summed E-state index contributed by atoms with van der Waals surface area (Å²) in [6, 6.07) is 3.81. The van der Waals surface area contributed by atoms with Gasteiger partial charge in [-0.15, -0.1) is 11.3 Å². The Morgan fingerprint density at radius 1 is 1.35 bits per heavy atom. The average Bonchev–Trinajstić information content (AvgIpc) is 2.92. The van der Waals surface area contributed by atoms with Crippen molar-refractivity contribution in [3.63, 3.8) is 0 Å². The maximum Gasteiger partial charge on any atom is 0.263 e. The number of amides is 1. The second kappa shape index (κ2) is 5.71. The van der Waals surface area contributed by atoms with Crippen LogP contribution in [0.15, 0.2) is 23.8 Å². The predicted molar refractivity (Wildman–Crippen MR) is 79.0 cm³/mol. The molecule has 0 fully saturated rings. The minimum absolute atomic E-state index is 0.138. The molecule has 5 heteroatoms. The third kappa shape index (κ3) is 2.45. The van der Waals surface area contributed by atoms with Crippen molar-refractivity contribution >= 4 is 17.2 Å². The highest BCUT2D eigenvalue weighted by Crippen LogP contribution is 2.19. The van der Waals surface area contributed by atoms with E-state index >= 15 is 0 Å². The van der Waals surface area contributed by atoms with Crippen molar-refractivity contribution in [3.8, 4) is 0 Å². The zero-order valence-corrected chi connectivity index (χ0v) is 12.3. The third-order valence-electron chi connectivity index (χ3n) is 3.73. The van der Waals surface area contributed by atoms with Gasteiger partial charge in [0, 0.05) is 30.9 Å². The van der Waals surface area contributed by atoms with Crippen LogP contribution in [-0.4, -0.2) is 33.9 Å². The standard InChI is InChI=1S/C15H17N3OS/c1-2-12-11-5-7-18(8-6-13(11)17-10-16-12)15(19)14-4-3-9-20-14/h3-4,9-10H,2,5-8H2,1H3. The monoisotopic (exact) mass is 287 g/mol. The van der Waals surface area contributed by atoms with Gasteiger partial charge >= 0.3 is 0 Å². The van der Waals surface area contributed by atoms with Crippen LogP contribution in [-0.2, 0) is 19.3 Å². The van der Waals surface area contributed by atoms with Crippen molar-refractivity contribution in [3.05, 3.63) is 45.7 Å². The molecule has 0 saturated carbocycles. The first-order valence-corrected chi connectivity index (χ1v) is 7.82. The zero-order chi connectivity index (χ0) is 13.9. The lowest BCUT2D eigenvalue weighted by atomic mass is 10.1. The summed E-state index contributed by atoms with van der Waals surface area (Å²) in [7, 11) is 0. The van der Waals surface area contributed by atoms with Gasteiger partial charge in [0.05, 0.1) is 4.88 Å². The lowest BCUT2D eigenvalue weighted by Crippen LogP contribution is -2.32. The summed E-state index contributed by atoms with van der Waals surface area (Å²) in [5.41, 5.74) is 3.48. The van der Waals surface area contributed by atoms with Crippen molar-refractivity contribution in [2.75, 3.05) is 13.1 Å². The lowest BCUT2D eigenvalue weighted by molar-refractivity contribution is 0.0767. The van der Waals surface area contributed by atoms with Crippen molar-refractivity contribution < 1.29 is 4.79 Å². The Morgan fingerprint density at radius 3 is 2.95 bits per heavy atom. The van der Waals surface area contributed by atoms with Crippen LogP contribution in [0, 0.1) is 0 Å². The summed E-state index contributed by atoms with van der Waals surface area (Å²) in [6.45, 7) is 3.61. The zero-order valence-electron chi connectivity index (χ0n) is 11.5. The van der Waals surface area contributed by atoms with Gasteiger partial charge in [-0.3, -0.25) is 4.79 Å². The Hall–Kier alpha value is -1.75. The number of aromatic nitrogens is 2. The first-order chi connectivity index (χ1) is 9.79. The molecule has 0 aliphatic carbocycles. The van der Waals surface area contributed by atoms with Crippen LogP contribution in [0.4, 0.5) is 0 Å². The second-order valence-corrected chi connectivity index (χ2v) is 5.82. The number of hydrogen-bond donors (Lipinski definition) is 0. The Morgan fingerprint density at radius 2 is 2.20 bits per heavy atom. The van der Waals surface area contributed by atoms with Gasteiger partial charge in [0.15, 0.2) is 0 Å². The van der Waals surface area contributed by atoms with E-state index in [4.69, 9.17) is 0 Å². The molecule has 0 bridgehead atoms. The summed E-state index contributed by atoms with van der Waals surface area (Å²) in [5, 5.41) is 1.94. The number of carbonyl (C=O) groups is 1. The van der Waals surface area contributed by atoms with E-state index in [1.807, 2.05) is 22.4 Å². The molecule has 1 amide bonds. The van der Waals surface area contributed by atoms with Gasteiger partial charge in [0.1, 0.15) is 6.33 Å². The first kappa shape index (κ1) is 13.2. The van der Waals surface area contributed by atoms with Gasteiger partial charge in [0.25, 0.3) is 5.91 Å². The van der Waals surface area contributed by atoms with Crippen LogP contribution in [0.2, 0.25) is 0 Å². The molecule has 0 radical (unpaired) electrons. The van der Waals surface area contributed by atoms with Gasteiger partial charge in [-0.1, -0.05) is 13.0 Å². The smallest absolute Gasteiger partial charge is 0.263 e. The molecular formula is C15H17N3OS. The van der Waals surface area contributed by atoms with E-state index < -0.39 is 0 Å². The second-order valence-electron chi connectivity index (χ2n) is 4.87.